The van der Waals surface area contributed by atoms with Gasteiger partial charge in [0.05, 0.1) is 23.7 Å². The predicted octanol–water partition coefficient (Wildman–Crippen LogP) is 4.97. The fourth-order valence-electron chi connectivity index (χ4n) is 3.39. The molecule has 0 spiro atoms. The van der Waals surface area contributed by atoms with E-state index in [0.29, 0.717) is 28.5 Å². The monoisotopic (exact) mass is 385 g/mol. The highest BCUT2D eigenvalue weighted by molar-refractivity contribution is 5.80. The molecule has 1 unspecified atom stereocenters. The fraction of sp³-hybridized carbons (Fsp3) is 0.208. The van der Waals surface area contributed by atoms with E-state index in [1.54, 1.807) is 23.9 Å². The van der Waals surface area contributed by atoms with Crippen LogP contribution < -0.4 is 10.3 Å². The second-order valence-corrected chi connectivity index (χ2v) is 7.08. The minimum absolute atomic E-state index is 0.0993. The molecule has 2 heterocycles. The number of hydrogen-bond donors (Lipinski definition) is 0. The first kappa shape index (κ1) is 18.9. The molecule has 0 aliphatic heterocycles. The first-order chi connectivity index (χ1) is 14.1. The van der Waals surface area contributed by atoms with Gasteiger partial charge in [-0.2, -0.15) is 0 Å². The van der Waals surface area contributed by atoms with Gasteiger partial charge in [-0.05, 0) is 48.2 Å². The normalized spacial score (nSPS) is 12.1. The molecule has 4 aromatic rings. The number of rotatable bonds is 5. The number of aromatic nitrogens is 3. The van der Waals surface area contributed by atoms with Crippen LogP contribution in [0.15, 0.2) is 71.7 Å². The van der Waals surface area contributed by atoms with Crippen molar-refractivity contribution >= 4 is 10.9 Å². The Morgan fingerprint density at radius 1 is 1.03 bits per heavy atom. The van der Waals surface area contributed by atoms with Crippen molar-refractivity contribution in [3.8, 4) is 23.0 Å². The molecule has 5 heteroatoms. The van der Waals surface area contributed by atoms with Crippen molar-refractivity contribution in [1.82, 2.24) is 14.5 Å². The minimum atomic E-state index is -0.0993. The van der Waals surface area contributed by atoms with Crippen LogP contribution in [-0.4, -0.2) is 21.6 Å². The summed E-state index contributed by atoms with van der Waals surface area (Å²) in [6.45, 7) is 4.37. The smallest absolute Gasteiger partial charge is 0.266 e. The Balaban J connectivity index is 1.95. The van der Waals surface area contributed by atoms with Crippen LogP contribution in [0.4, 0.5) is 0 Å². The number of fused-ring (bicyclic) bond motifs is 1. The lowest BCUT2D eigenvalue weighted by Gasteiger charge is -2.15. The summed E-state index contributed by atoms with van der Waals surface area (Å²) in [7, 11) is 1.57. The Morgan fingerprint density at radius 2 is 1.79 bits per heavy atom. The van der Waals surface area contributed by atoms with E-state index in [2.05, 4.69) is 31.0 Å². The molecule has 0 N–H and O–H groups in total. The Labute approximate surface area is 169 Å². The minimum Gasteiger partial charge on any atom is -0.481 e. The zero-order valence-electron chi connectivity index (χ0n) is 16.8. The Kier molecular flexibility index (Phi) is 5.12. The van der Waals surface area contributed by atoms with Crippen LogP contribution in [0.5, 0.6) is 5.88 Å². The van der Waals surface area contributed by atoms with Crippen molar-refractivity contribution in [2.24, 2.45) is 0 Å². The molecule has 2 aromatic heterocycles. The molecule has 0 aliphatic rings. The second-order valence-electron chi connectivity index (χ2n) is 7.08. The number of hydrogen-bond acceptors (Lipinski definition) is 4. The lowest BCUT2D eigenvalue weighted by atomic mass is 9.98. The molecule has 0 amide bonds. The lowest BCUT2D eigenvalue weighted by molar-refractivity contribution is 0.398. The van der Waals surface area contributed by atoms with Crippen molar-refractivity contribution in [2.75, 3.05) is 7.11 Å². The molecule has 1 atom stereocenters. The molecular formula is C24H23N3O2. The summed E-state index contributed by atoms with van der Waals surface area (Å²) < 4.78 is 6.82. The van der Waals surface area contributed by atoms with Crippen LogP contribution >= 0.6 is 0 Å². The van der Waals surface area contributed by atoms with Gasteiger partial charge in [0.25, 0.3) is 5.56 Å². The third kappa shape index (κ3) is 3.51. The third-order valence-electron chi connectivity index (χ3n) is 5.31. The average Bonchev–Trinajstić information content (AvgIpc) is 2.79. The Bertz CT molecular complexity index is 1200. The highest BCUT2D eigenvalue weighted by atomic mass is 16.5. The van der Waals surface area contributed by atoms with Crippen molar-refractivity contribution < 1.29 is 4.74 Å². The second kappa shape index (κ2) is 7.87. The van der Waals surface area contributed by atoms with Gasteiger partial charge in [-0.1, -0.05) is 38.1 Å². The van der Waals surface area contributed by atoms with Gasteiger partial charge in [0.15, 0.2) is 0 Å². The zero-order valence-corrected chi connectivity index (χ0v) is 16.8. The van der Waals surface area contributed by atoms with E-state index < -0.39 is 0 Å². The number of para-hydroxylation sites is 1. The SMILES string of the molecule is CCC(C)c1ccc(-n2c(-c3ccc(OC)nc3)nc3ccccc3c2=O)cc1. The largest absolute Gasteiger partial charge is 0.481 e. The van der Waals surface area contributed by atoms with Crippen molar-refractivity contribution in [2.45, 2.75) is 26.2 Å². The summed E-state index contributed by atoms with van der Waals surface area (Å²) >= 11 is 0. The van der Waals surface area contributed by atoms with Crippen LogP contribution in [0.3, 0.4) is 0 Å². The molecule has 0 bridgehead atoms. The Hall–Kier alpha value is -3.47. The first-order valence-corrected chi connectivity index (χ1v) is 9.75. The van der Waals surface area contributed by atoms with Gasteiger partial charge >= 0.3 is 0 Å². The van der Waals surface area contributed by atoms with Gasteiger partial charge in [0.1, 0.15) is 5.82 Å². The molecule has 0 saturated heterocycles. The number of ether oxygens (including phenoxy) is 1. The van der Waals surface area contributed by atoms with Crippen LogP contribution in [-0.2, 0) is 0 Å². The van der Waals surface area contributed by atoms with Crippen LogP contribution in [0.2, 0.25) is 0 Å². The molecule has 0 saturated carbocycles. The zero-order chi connectivity index (χ0) is 20.4. The molecular weight excluding hydrogens is 362 g/mol. The number of pyridine rings is 1. The molecule has 0 radical (unpaired) electrons. The summed E-state index contributed by atoms with van der Waals surface area (Å²) in [5, 5.41) is 0.587. The highest BCUT2D eigenvalue weighted by Crippen LogP contribution is 2.25. The van der Waals surface area contributed by atoms with Gasteiger partial charge < -0.3 is 4.74 Å². The van der Waals surface area contributed by atoms with Crippen LogP contribution in [0.25, 0.3) is 28.0 Å². The number of methoxy groups -OCH3 is 1. The Morgan fingerprint density at radius 3 is 2.45 bits per heavy atom. The summed E-state index contributed by atoms with van der Waals surface area (Å²) in [4.78, 5) is 22.5. The summed E-state index contributed by atoms with van der Waals surface area (Å²) in [6, 6.07) is 19.2. The molecule has 0 aliphatic carbocycles. The summed E-state index contributed by atoms with van der Waals surface area (Å²) in [6.07, 6.45) is 2.75. The van der Waals surface area contributed by atoms with Crippen LogP contribution in [0, 0.1) is 0 Å². The third-order valence-corrected chi connectivity index (χ3v) is 5.31. The van der Waals surface area contributed by atoms with Gasteiger partial charge in [0, 0.05) is 17.8 Å². The molecule has 0 fully saturated rings. The summed E-state index contributed by atoms with van der Waals surface area (Å²) in [5.41, 5.74) is 3.35. The first-order valence-electron chi connectivity index (χ1n) is 9.75. The van der Waals surface area contributed by atoms with Gasteiger partial charge in [-0.3, -0.25) is 9.36 Å². The lowest BCUT2D eigenvalue weighted by Crippen LogP contribution is -2.22. The predicted molar refractivity (Wildman–Crippen MR) is 116 cm³/mol. The van der Waals surface area contributed by atoms with Crippen molar-refractivity contribution in [1.29, 1.82) is 0 Å². The van der Waals surface area contributed by atoms with E-state index in [9.17, 15) is 4.79 Å². The molecule has 4 rings (SSSR count). The maximum Gasteiger partial charge on any atom is 0.266 e. The van der Waals surface area contributed by atoms with E-state index in [-0.39, 0.29) is 5.56 Å². The topological polar surface area (TPSA) is 57.0 Å². The molecule has 146 valence electrons. The van der Waals surface area contributed by atoms with Gasteiger partial charge in [-0.15, -0.1) is 0 Å². The fourth-order valence-corrected chi connectivity index (χ4v) is 3.39. The number of nitrogens with zero attached hydrogens (tertiary/aromatic N) is 3. The maximum absolute atomic E-state index is 13.4. The molecule has 29 heavy (non-hydrogen) atoms. The van der Waals surface area contributed by atoms with Gasteiger partial charge in [0.2, 0.25) is 5.88 Å². The van der Waals surface area contributed by atoms with E-state index >= 15 is 0 Å². The standard InChI is InChI=1S/C24H23N3O2/c1-4-16(2)17-9-12-19(13-10-17)27-23(18-11-14-22(29-3)25-15-18)26-21-8-6-5-7-20(21)24(27)28/h5-16H,4H2,1-3H3. The summed E-state index contributed by atoms with van der Waals surface area (Å²) in [5.74, 6) is 1.54. The van der Waals surface area contributed by atoms with Crippen LogP contribution in [0.1, 0.15) is 31.7 Å². The molecule has 2 aromatic carbocycles. The maximum atomic E-state index is 13.4. The average molecular weight is 385 g/mol. The number of benzene rings is 2. The highest BCUT2D eigenvalue weighted by Gasteiger charge is 2.15. The van der Waals surface area contributed by atoms with Crippen molar-refractivity contribution in [3.05, 3.63) is 82.8 Å². The van der Waals surface area contributed by atoms with E-state index in [1.165, 1.54) is 5.56 Å². The van der Waals surface area contributed by atoms with E-state index in [4.69, 9.17) is 9.72 Å². The molecule has 5 nitrogen and oxygen atoms in total. The quantitative estimate of drug-likeness (QED) is 0.487. The van der Waals surface area contributed by atoms with E-state index in [0.717, 1.165) is 17.7 Å². The van der Waals surface area contributed by atoms with Gasteiger partial charge in [-0.25, -0.2) is 9.97 Å². The van der Waals surface area contributed by atoms with E-state index in [1.807, 2.05) is 42.5 Å². The van der Waals surface area contributed by atoms with Crippen molar-refractivity contribution in [3.63, 3.8) is 0 Å².